The Kier molecular flexibility index (Phi) is 6.06. The number of nitrogens with zero attached hydrogens (tertiary/aromatic N) is 3. The van der Waals surface area contributed by atoms with Crippen molar-refractivity contribution in [1.82, 2.24) is 14.9 Å². The number of halogens is 1. The Balaban J connectivity index is 1.96. The molecule has 0 radical (unpaired) electrons. The number of methoxy groups -OCH3 is 1. The van der Waals surface area contributed by atoms with Crippen molar-refractivity contribution in [3.8, 4) is 35.2 Å². The summed E-state index contributed by atoms with van der Waals surface area (Å²) in [6.07, 6.45) is 6.91. The van der Waals surface area contributed by atoms with Crippen LogP contribution in [0.4, 0.5) is 0 Å². The minimum atomic E-state index is 0.146. The van der Waals surface area contributed by atoms with Crippen molar-refractivity contribution in [2.24, 2.45) is 5.10 Å². The Bertz CT molecular complexity index is 1070. The highest BCUT2D eigenvalue weighted by molar-refractivity contribution is 9.10. The summed E-state index contributed by atoms with van der Waals surface area (Å²) in [6, 6.07) is 13.3. The van der Waals surface area contributed by atoms with Gasteiger partial charge in [-0.25, -0.2) is 5.10 Å². The molecule has 0 aliphatic carbocycles. The highest BCUT2D eigenvalue weighted by Gasteiger charge is 2.11. The zero-order valence-corrected chi connectivity index (χ0v) is 16.8. The van der Waals surface area contributed by atoms with Crippen LogP contribution in [-0.2, 0) is 0 Å². The molecule has 0 fully saturated rings. The maximum Gasteiger partial charge on any atom is 0.216 e. The van der Waals surface area contributed by atoms with E-state index in [0.717, 1.165) is 11.1 Å². The molecule has 27 heavy (non-hydrogen) atoms. The van der Waals surface area contributed by atoms with Crippen molar-refractivity contribution < 1.29 is 9.47 Å². The zero-order chi connectivity index (χ0) is 19.2. The third kappa shape index (κ3) is 4.27. The average Bonchev–Trinajstić information content (AvgIpc) is 3.06. The van der Waals surface area contributed by atoms with Crippen LogP contribution in [0.5, 0.6) is 11.5 Å². The Morgan fingerprint density at radius 3 is 2.85 bits per heavy atom. The average molecular weight is 443 g/mol. The van der Waals surface area contributed by atoms with Crippen LogP contribution in [0, 0.1) is 17.1 Å². The van der Waals surface area contributed by atoms with E-state index in [-0.39, 0.29) is 6.61 Å². The maximum atomic E-state index is 5.52. The van der Waals surface area contributed by atoms with Gasteiger partial charge in [0.2, 0.25) is 4.77 Å². The van der Waals surface area contributed by atoms with Gasteiger partial charge in [-0.2, -0.15) is 14.9 Å². The van der Waals surface area contributed by atoms with Gasteiger partial charge in [0.05, 0.1) is 17.8 Å². The first kappa shape index (κ1) is 18.9. The number of aromatic amines is 1. The van der Waals surface area contributed by atoms with Gasteiger partial charge in [-0.15, -0.1) is 6.42 Å². The number of terminal acetylenes is 1. The second kappa shape index (κ2) is 8.66. The number of aromatic nitrogens is 3. The van der Waals surface area contributed by atoms with Crippen LogP contribution in [0.2, 0.25) is 0 Å². The van der Waals surface area contributed by atoms with Gasteiger partial charge in [-0.3, -0.25) is 0 Å². The number of H-pyrrole nitrogens is 1. The van der Waals surface area contributed by atoms with Gasteiger partial charge < -0.3 is 9.47 Å². The quantitative estimate of drug-likeness (QED) is 0.351. The Labute approximate surface area is 170 Å². The van der Waals surface area contributed by atoms with E-state index in [9.17, 15) is 0 Å². The summed E-state index contributed by atoms with van der Waals surface area (Å²) in [7, 11) is 1.56. The van der Waals surface area contributed by atoms with Crippen LogP contribution < -0.4 is 9.47 Å². The normalized spacial score (nSPS) is 10.7. The highest BCUT2D eigenvalue weighted by atomic mass is 79.9. The molecule has 0 bridgehead atoms. The van der Waals surface area contributed by atoms with E-state index in [1.165, 1.54) is 0 Å². The molecule has 0 unspecified atom stereocenters. The fourth-order valence-corrected chi connectivity index (χ4v) is 3.12. The van der Waals surface area contributed by atoms with Crippen LogP contribution in [0.25, 0.3) is 11.4 Å². The Morgan fingerprint density at radius 2 is 2.15 bits per heavy atom. The Hall–Kier alpha value is -2.89. The van der Waals surface area contributed by atoms with Crippen LogP contribution in [0.1, 0.15) is 5.56 Å². The van der Waals surface area contributed by atoms with Gasteiger partial charge in [-0.1, -0.05) is 36.3 Å². The molecule has 0 saturated carbocycles. The van der Waals surface area contributed by atoms with Crippen LogP contribution in [-0.4, -0.2) is 34.8 Å². The molecule has 2 aromatic carbocycles. The smallest absolute Gasteiger partial charge is 0.216 e. The van der Waals surface area contributed by atoms with Crippen molar-refractivity contribution in [2.45, 2.75) is 0 Å². The van der Waals surface area contributed by atoms with E-state index in [0.29, 0.717) is 26.6 Å². The first-order chi connectivity index (χ1) is 13.1. The van der Waals surface area contributed by atoms with Crippen LogP contribution >= 0.6 is 28.1 Å². The number of hydrogen-bond donors (Lipinski definition) is 1. The molecule has 0 saturated heterocycles. The van der Waals surface area contributed by atoms with Crippen molar-refractivity contribution in [3.63, 3.8) is 0 Å². The summed E-state index contributed by atoms with van der Waals surface area (Å²) in [5.41, 5.74) is 1.69. The first-order valence-electron chi connectivity index (χ1n) is 7.85. The third-order valence-electron chi connectivity index (χ3n) is 3.56. The zero-order valence-electron chi connectivity index (χ0n) is 14.3. The number of ether oxygens (including phenoxy) is 2. The summed E-state index contributed by atoms with van der Waals surface area (Å²) in [5.74, 6) is 4.13. The molecule has 0 atom stereocenters. The molecule has 0 aliphatic rings. The predicted octanol–water partition coefficient (Wildman–Crippen LogP) is 4.27. The van der Waals surface area contributed by atoms with Crippen molar-refractivity contribution in [2.75, 3.05) is 13.7 Å². The number of hydrogen-bond acceptors (Lipinski definition) is 5. The van der Waals surface area contributed by atoms with Crippen LogP contribution in [0.3, 0.4) is 0 Å². The topological polar surface area (TPSA) is 64.4 Å². The van der Waals surface area contributed by atoms with E-state index in [2.05, 4.69) is 37.1 Å². The minimum Gasteiger partial charge on any atom is -0.493 e. The third-order valence-corrected chi connectivity index (χ3v) is 4.41. The van der Waals surface area contributed by atoms with Gasteiger partial charge in [-0.05, 0) is 45.8 Å². The molecule has 6 nitrogen and oxygen atoms in total. The van der Waals surface area contributed by atoms with Crippen molar-refractivity contribution >= 4 is 34.4 Å². The molecule has 0 amide bonds. The van der Waals surface area contributed by atoms with E-state index in [1.807, 2.05) is 36.4 Å². The minimum absolute atomic E-state index is 0.146. The van der Waals surface area contributed by atoms with E-state index in [4.69, 9.17) is 28.1 Å². The van der Waals surface area contributed by atoms with Gasteiger partial charge in [0.25, 0.3) is 0 Å². The molecule has 136 valence electrons. The molecule has 8 heteroatoms. The molecule has 1 heterocycles. The second-order valence-electron chi connectivity index (χ2n) is 5.30. The summed E-state index contributed by atoms with van der Waals surface area (Å²) in [4.78, 5) is 0. The van der Waals surface area contributed by atoms with E-state index in [1.54, 1.807) is 24.1 Å². The van der Waals surface area contributed by atoms with E-state index >= 15 is 0 Å². The fraction of sp³-hybridized carbons (Fsp3) is 0.105. The standard InChI is InChI=1S/C19H15BrN4O2S/c1-3-9-26-17-15(20)10-13(11-16(17)25-2)12-21-24-18(22-23-19(24)27)14-7-5-4-6-8-14/h1,4-8,10-12H,9H2,2H3,(H,23,27)/b21-12-. The number of benzene rings is 2. The predicted molar refractivity (Wildman–Crippen MR) is 111 cm³/mol. The largest absolute Gasteiger partial charge is 0.493 e. The molecule has 3 rings (SSSR count). The fourth-order valence-electron chi connectivity index (χ4n) is 2.37. The highest BCUT2D eigenvalue weighted by Crippen LogP contribution is 2.36. The lowest BCUT2D eigenvalue weighted by atomic mass is 10.2. The van der Waals surface area contributed by atoms with Gasteiger partial charge in [0, 0.05) is 5.56 Å². The summed E-state index contributed by atoms with van der Waals surface area (Å²) >= 11 is 8.76. The van der Waals surface area contributed by atoms with E-state index < -0.39 is 0 Å². The summed E-state index contributed by atoms with van der Waals surface area (Å²) in [5, 5.41) is 11.5. The van der Waals surface area contributed by atoms with Gasteiger partial charge in [0.1, 0.15) is 6.61 Å². The number of rotatable bonds is 6. The lowest BCUT2D eigenvalue weighted by Gasteiger charge is -2.11. The maximum absolute atomic E-state index is 5.52. The first-order valence-corrected chi connectivity index (χ1v) is 9.05. The Morgan fingerprint density at radius 1 is 1.37 bits per heavy atom. The van der Waals surface area contributed by atoms with Crippen molar-refractivity contribution in [3.05, 3.63) is 57.3 Å². The SMILES string of the molecule is C#CCOc1c(Br)cc(/C=N\n2c(-c3ccccc3)n[nH]c2=S)cc1OC. The van der Waals surface area contributed by atoms with Crippen molar-refractivity contribution in [1.29, 1.82) is 0 Å². The molecule has 1 aromatic heterocycles. The second-order valence-corrected chi connectivity index (χ2v) is 6.54. The summed E-state index contributed by atoms with van der Waals surface area (Å²) < 4.78 is 13.6. The van der Waals surface area contributed by atoms with Crippen LogP contribution in [0.15, 0.2) is 52.0 Å². The molecule has 1 N–H and O–H groups in total. The monoisotopic (exact) mass is 442 g/mol. The molecule has 0 spiro atoms. The number of nitrogens with one attached hydrogen (secondary N) is 1. The van der Waals surface area contributed by atoms with Gasteiger partial charge in [0.15, 0.2) is 17.3 Å². The lowest BCUT2D eigenvalue weighted by Crippen LogP contribution is -1.99. The molecule has 0 aliphatic heterocycles. The van der Waals surface area contributed by atoms with Gasteiger partial charge >= 0.3 is 0 Å². The molecule has 3 aromatic rings. The lowest BCUT2D eigenvalue weighted by molar-refractivity contribution is 0.329. The summed E-state index contributed by atoms with van der Waals surface area (Å²) in [6.45, 7) is 0.146. The molecular weight excluding hydrogens is 428 g/mol. The molecular formula is C19H15BrN4O2S.